The van der Waals surface area contributed by atoms with Crippen molar-refractivity contribution < 1.29 is 0 Å². The highest BCUT2D eigenvalue weighted by atomic mass is 127. The number of halogens is 2. The van der Waals surface area contributed by atoms with Gasteiger partial charge in [-0.05, 0) is 67.0 Å². The second kappa shape index (κ2) is 3.81. The van der Waals surface area contributed by atoms with Crippen molar-refractivity contribution in [1.82, 2.24) is 0 Å². The first kappa shape index (κ1) is 11.0. The predicted molar refractivity (Wildman–Crippen MR) is 90.6 cm³/mol. The summed E-state index contributed by atoms with van der Waals surface area (Å²) in [6, 6.07) is 17.6. The van der Waals surface area contributed by atoms with Crippen LogP contribution < -0.4 is 0 Å². The van der Waals surface area contributed by atoms with E-state index in [0.717, 1.165) is 0 Å². The Balaban J connectivity index is 2.49. The maximum absolute atomic E-state index is 3.71. The zero-order valence-corrected chi connectivity index (χ0v) is 13.1. The molecule has 0 amide bonds. The molecule has 0 aromatic heterocycles. The van der Waals surface area contributed by atoms with E-state index in [0.29, 0.717) is 0 Å². The molecule has 86 valence electrons. The smallest absolute Gasteiger partial charge is 0.0260 e. The normalized spacial score (nSPS) is 11.9. The summed E-state index contributed by atoms with van der Waals surface area (Å²) in [5.74, 6) is 0. The summed E-state index contributed by atoms with van der Waals surface area (Å²) in [5, 5.41) is 8.03. The molecule has 0 aliphatic heterocycles. The molecule has 0 nitrogen and oxygen atoms in total. The highest BCUT2D eigenvalue weighted by molar-refractivity contribution is 14.1. The lowest BCUT2D eigenvalue weighted by Gasteiger charge is -2.13. The minimum Gasteiger partial charge on any atom is -0.0610 e. The standard InChI is InChI=1S/C16H8BrI/c17-13-8-12-14(18)7-6-10-5-4-9-2-1-3-11(13)15(9)16(10)12/h1-8H. The Morgan fingerprint density at radius 1 is 0.778 bits per heavy atom. The van der Waals surface area contributed by atoms with Gasteiger partial charge in [-0.15, -0.1) is 0 Å². The Kier molecular flexibility index (Phi) is 2.33. The van der Waals surface area contributed by atoms with Gasteiger partial charge in [-0.2, -0.15) is 0 Å². The molecule has 4 aromatic carbocycles. The number of hydrogen-bond acceptors (Lipinski definition) is 0. The van der Waals surface area contributed by atoms with Crippen LogP contribution in [-0.2, 0) is 0 Å². The summed E-state index contributed by atoms with van der Waals surface area (Å²) in [6.07, 6.45) is 0. The Bertz CT molecular complexity index is 881. The molecule has 4 aromatic rings. The van der Waals surface area contributed by atoms with Gasteiger partial charge in [0.2, 0.25) is 0 Å². The van der Waals surface area contributed by atoms with E-state index < -0.39 is 0 Å². The van der Waals surface area contributed by atoms with E-state index in [1.807, 2.05) is 0 Å². The van der Waals surface area contributed by atoms with Gasteiger partial charge in [0.1, 0.15) is 0 Å². The van der Waals surface area contributed by atoms with Crippen LogP contribution in [0.15, 0.2) is 53.0 Å². The molecule has 0 saturated carbocycles. The highest BCUT2D eigenvalue weighted by Crippen LogP contribution is 2.39. The number of hydrogen-bond donors (Lipinski definition) is 0. The third-order valence-electron chi connectivity index (χ3n) is 3.54. The molecule has 0 fully saturated rings. The van der Waals surface area contributed by atoms with E-state index in [9.17, 15) is 0 Å². The molecule has 18 heavy (non-hydrogen) atoms. The molecule has 0 spiro atoms. The molecular formula is C16H8BrI. The minimum absolute atomic E-state index is 1.18. The highest BCUT2D eigenvalue weighted by Gasteiger charge is 2.11. The van der Waals surface area contributed by atoms with Crippen molar-refractivity contribution in [3.05, 3.63) is 56.6 Å². The average Bonchev–Trinajstić information content (AvgIpc) is 2.40. The van der Waals surface area contributed by atoms with E-state index in [1.54, 1.807) is 0 Å². The van der Waals surface area contributed by atoms with Gasteiger partial charge in [0.05, 0.1) is 0 Å². The Labute approximate surface area is 127 Å². The van der Waals surface area contributed by atoms with Crippen molar-refractivity contribution in [3.63, 3.8) is 0 Å². The van der Waals surface area contributed by atoms with Gasteiger partial charge >= 0.3 is 0 Å². The lowest BCUT2D eigenvalue weighted by molar-refractivity contribution is 1.72. The average molecular weight is 407 g/mol. The molecule has 4 rings (SSSR count). The van der Waals surface area contributed by atoms with Gasteiger partial charge < -0.3 is 0 Å². The molecule has 0 radical (unpaired) electrons. The number of rotatable bonds is 0. The van der Waals surface area contributed by atoms with Crippen LogP contribution in [0.1, 0.15) is 0 Å². The molecule has 0 saturated heterocycles. The molecule has 0 atom stereocenters. The zero-order valence-electron chi connectivity index (χ0n) is 9.37. The fourth-order valence-electron chi connectivity index (χ4n) is 2.74. The van der Waals surface area contributed by atoms with Crippen LogP contribution in [0, 0.1) is 3.57 Å². The van der Waals surface area contributed by atoms with Crippen LogP contribution in [0.2, 0.25) is 0 Å². The fraction of sp³-hybridized carbons (Fsp3) is 0. The summed E-state index contributed by atoms with van der Waals surface area (Å²) in [4.78, 5) is 0. The Hall–Kier alpha value is -0.870. The molecule has 0 aliphatic rings. The van der Waals surface area contributed by atoms with Gasteiger partial charge in [0.15, 0.2) is 0 Å². The first-order valence-electron chi connectivity index (χ1n) is 5.77. The van der Waals surface area contributed by atoms with Crippen molar-refractivity contribution >= 4 is 70.8 Å². The predicted octanol–water partition coefficient (Wildman–Crippen LogP) is 5.95. The van der Waals surface area contributed by atoms with Gasteiger partial charge in [-0.25, -0.2) is 0 Å². The van der Waals surface area contributed by atoms with Crippen LogP contribution in [0.4, 0.5) is 0 Å². The summed E-state index contributed by atoms with van der Waals surface area (Å²) in [6.45, 7) is 0. The minimum atomic E-state index is 1.18. The zero-order chi connectivity index (χ0) is 12.3. The summed E-state index contributed by atoms with van der Waals surface area (Å²) >= 11 is 6.12. The maximum atomic E-state index is 3.71. The lowest BCUT2D eigenvalue weighted by atomic mass is 9.94. The third-order valence-corrected chi connectivity index (χ3v) is 5.14. The van der Waals surface area contributed by atoms with Crippen LogP contribution >= 0.6 is 38.5 Å². The molecule has 0 aliphatic carbocycles. The SMILES string of the molecule is Brc1cc2c(I)ccc3ccc4cccc1c4c32. The van der Waals surface area contributed by atoms with Crippen LogP contribution in [-0.4, -0.2) is 0 Å². The second-order valence-corrected chi connectivity index (χ2v) is 6.54. The topological polar surface area (TPSA) is 0 Å². The summed E-state index contributed by atoms with van der Waals surface area (Å²) in [7, 11) is 0. The summed E-state index contributed by atoms with van der Waals surface area (Å²) < 4.78 is 2.48. The van der Waals surface area contributed by atoms with Crippen molar-refractivity contribution in [2.45, 2.75) is 0 Å². The second-order valence-electron chi connectivity index (χ2n) is 4.52. The number of benzene rings is 4. The lowest BCUT2D eigenvalue weighted by Crippen LogP contribution is -1.86. The van der Waals surface area contributed by atoms with Gasteiger partial charge in [0, 0.05) is 8.04 Å². The van der Waals surface area contributed by atoms with E-state index in [4.69, 9.17) is 0 Å². The van der Waals surface area contributed by atoms with E-state index in [-0.39, 0.29) is 0 Å². The maximum Gasteiger partial charge on any atom is 0.0260 e. The molecule has 0 heterocycles. The van der Waals surface area contributed by atoms with Crippen molar-refractivity contribution in [3.8, 4) is 0 Å². The van der Waals surface area contributed by atoms with Crippen LogP contribution in [0.3, 0.4) is 0 Å². The van der Waals surface area contributed by atoms with Gasteiger partial charge in [0.25, 0.3) is 0 Å². The first-order valence-corrected chi connectivity index (χ1v) is 7.64. The molecular weight excluding hydrogens is 399 g/mol. The van der Waals surface area contributed by atoms with Gasteiger partial charge in [-0.1, -0.05) is 52.3 Å². The Morgan fingerprint density at radius 3 is 2.28 bits per heavy atom. The summed E-state index contributed by atoms with van der Waals surface area (Å²) in [5.41, 5.74) is 0. The largest absolute Gasteiger partial charge is 0.0610 e. The fourth-order valence-corrected chi connectivity index (χ4v) is 3.91. The molecule has 2 heteroatoms. The van der Waals surface area contributed by atoms with E-state index in [1.165, 1.54) is 40.4 Å². The first-order chi connectivity index (χ1) is 8.75. The molecule has 0 bridgehead atoms. The van der Waals surface area contributed by atoms with E-state index in [2.05, 4.69) is 87.1 Å². The molecule has 0 N–H and O–H groups in total. The van der Waals surface area contributed by atoms with Crippen molar-refractivity contribution in [2.75, 3.05) is 0 Å². The third kappa shape index (κ3) is 1.36. The van der Waals surface area contributed by atoms with Gasteiger partial charge in [-0.3, -0.25) is 0 Å². The Morgan fingerprint density at radius 2 is 1.44 bits per heavy atom. The van der Waals surface area contributed by atoms with Crippen LogP contribution in [0.5, 0.6) is 0 Å². The van der Waals surface area contributed by atoms with Crippen LogP contribution in [0.25, 0.3) is 32.3 Å². The van der Waals surface area contributed by atoms with Crippen molar-refractivity contribution in [2.24, 2.45) is 0 Å². The monoisotopic (exact) mass is 406 g/mol. The quantitative estimate of drug-likeness (QED) is 0.250. The van der Waals surface area contributed by atoms with E-state index >= 15 is 0 Å². The molecule has 0 unspecified atom stereocenters. The van der Waals surface area contributed by atoms with Crippen molar-refractivity contribution in [1.29, 1.82) is 0 Å².